The maximum Gasteiger partial charge on any atom is 0.220 e. The number of aliphatic hydroxyl groups is 2. The number of unbranched alkanes of at least 4 members (excludes halogenated alkanes) is 34. The highest BCUT2D eigenvalue weighted by Gasteiger charge is 2.20. The van der Waals surface area contributed by atoms with Crippen LogP contribution in [0.25, 0.3) is 0 Å². The summed E-state index contributed by atoms with van der Waals surface area (Å²) in [5.74, 6) is -0.0410. The molecule has 0 aromatic heterocycles. The van der Waals surface area contributed by atoms with Crippen LogP contribution in [0.15, 0.2) is 36.5 Å². The van der Waals surface area contributed by atoms with Crippen LogP contribution >= 0.6 is 0 Å². The Morgan fingerprint density at radius 3 is 1.07 bits per heavy atom. The first kappa shape index (κ1) is 55.6. The molecule has 4 nitrogen and oxygen atoms in total. The Hall–Kier alpha value is -1.39. The number of aliphatic hydroxyl groups excluding tert-OH is 2. The van der Waals surface area contributed by atoms with Crippen molar-refractivity contribution in [2.75, 3.05) is 6.61 Å². The highest BCUT2D eigenvalue weighted by Crippen LogP contribution is 2.17. The molecule has 0 saturated heterocycles. The van der Waals surface area contributed by atoms with Gasteiger partial charge in [-0.25, -0.2) is 0 Å². The fourth-order valence-electron chi connectivity index (χ4n) is 7.96. The quantitative estimate of drug-likeness (QED) is 0.0424. The smallest absolute Gasteiger partial charge is 0.220 e. The van der Waals surface area contributed by atoms with Crippen LogP contribution in [0, 0.1) is 0 Å². The fourth-order valence-corrected chi connectivity index (χ4v) is 7.96. The molecule has 0 bridgehead atoms. The van der Waals surface area contributed by atoms with Crippen LogP contribution in [0.1, 0.15) is 277 Å². The lowest BCUT2D eigenvalue weighted by molar-refractivity contribution is -0.123. The monoisotopic (exact) mass is 800 g/mol. The van der Waals surface area contributed by atoms with E-state index in [1.54, 1.807) is 0 Å². The molecule has 0 aliphatic rings. The number of rotatable bonds is 47. The molecule has 2 atom stereocenters. The summed E-state index contributed by atoms with van der Waals surface area (Å²) in [6.45, 7) is 4.36. The molecule has 0 saturated carbocycles. The van der Waals surface area contributed by atoms with Crippen LogP contribution in [-0.2, 0) is 4.79 Å². The summed E-state index contributed by atoms with van der Waals surface area (Å²) in [6, 6.07) is -0.544. The summed E-state index contributed by atoms with van der Waals surface area (Å²) in [7, 11) is 0. The van der Waals surface area contributed by atoms with Gasteiger partial charge in [-0.2, -0.15) is 0 Å². The van der Waals surface area contributed by atoms with Gasteiger partial charge in [-0.15, -0.1) is 0 Å². The molecule has 0 heterocycles. The Bertz CT molecular complexity index is 866. The lowest BCUT2D eigenvalue weighted by atomic mass is 10.0. The van der Waals surface area contributed by atoms with Gasteiger partial charge in [0.2, 0.25) is 5.91 Å². The average Bonchev–Trinajstić information content (AvgIpc) is 3.22. The molecule has 336 valence electrons. The molecule has 0 fully saturated rings. The Balaban J connectivity index is 3.50. The summed E-state index contributed by atoms with van der Waals surface area (Å²) in [4.78, 5) is 12.5. The molecule has 1 amide bonds. The minimum Gasteiger partial charge on any atom is -0.394 e. The molecular formula is C53H101NO3. The van der Waals surface area contributed by atoms with Gasteiger partial charge >= 0.3 is 0 Å². The van der Waals surface area contributed by atoms with Gasteiger partial charge in [0, 0.05) is 6.42 Å². The molecule has 57 heavy (non-hydrogen) atoms. The Morgan fingerprint density at radius 1 is 0.421 bits per heavy atom. The molecule has 0 rings (SSSR count). The second-order valence-corrected chi connectivity index (χ2v) is 17.6. The third-order valence-electron chi connectivity index (χ3n) is 11.9. The largest absolute Gasteiger partial charge is 0.394 e. The van der Waals surface area contributed by atoms with Crippen LogP contribution in [0.3, 0.4) is 0 Å². The van der Waals surface area contributed by atoms with Gasteiger partial charge < -0.3 is 15.5 Å². The topological polar surface area (TPSA) is 69.6 Å². The van der Waals surface area contributed by atoms with Crippen LogP contribution < -0.4 is 5.32 Å². The van der Waals surface area contributed by atoms with Crippen molar-refractivity contribution in [2.45, 2.75) is 289 Å². The van der Waals surface area contributed by atoms with Gasteiger partial charge in [-0.05, 0) is 51.4 Å². The Morgan fingerprint density at radius 2 is 0.719 bits per heavy atom. The van der Waals surface area contributed by atoms with E-state index in [0.717, 1.165) is 51.4 Å². The first-order valence-electron chi connectivity index (χ1n) is 25.7. The summed E-state index contributed by atoms with van der Waals surface area (Å²) in [5.41, 5.74) is 0. The van der Waals surface area contributed by atoms with Gasteiger partial charge in [0.15, 0.2) is 0 Å². The van der Waals surface area contributed by atoms with Crippen LogP contribution in [0.2, 0.25) is 0 Å². The van der Waals surface area contributed by atoms with E-state index in [1.165, 1.54) is 199 Å². The first-order chi connectivity index (χ1) is 28.2. The summed E-state index contributed by atoms with van der Waals surface area (Å²) in [6.07, 6.45) is 65.3. The predicted molar refractivity (Wildman–Crippen MR) is 253 cm³/mol. The number of allylic oxidation sites excluding steroid dienone is 6. The number of hydrogen-bond acceptors (Lipinski definition) is 3. The lowest BCUT2D eigenvalue weighted by Gasteiger charge is -2.22. The van der Waals surface area contributed by atoms with Crippen LogP contribution in [-0.4, -0.2) is 34.9 Å². The van der Waals surface area contributed by atoms with Crippen molar-refractivity contribution in [1.29, 1.82) is 0 Å². The van der Waals surface area contributed by atoms with E-state index in [-0.39, 0.29) is 12.5 Å². The molecule has 4 heteroatoms. The number of hydrogen-bond donors (Lipinski definition) is 3. The summed E-state index contributed by atoms with van der Waals surface area (Å²) >= 11 is 0. The molecule has 0 aromatic carbocycles. The first-order valence-corrected chi connectivity index (χ1v) is 25.7. The normalized spacial score (nSPS) is 13.1. The zero-order valence-electron chi connectivity index (χ0n) is 38.6. The minimum absolute atomic E-state index is 0.0410. The molecule has 3 N–H and O–H groups in total. The summed E-state index contributed by atoms with van der Waals surface area (Å²) in [5, 5.41) is 23.3. The molecule has 2 unspecified atom stereocenters. The van der Waals surface area contributed by atoms with Crippen molar-refractivity contribution in [1.82, 2.24) is 5.32 Å². The molecular weight excluding hydrogens is 699 g/mol. The highest BCUT2D eigenvalue weighted by atomic mass is 16.3. The van der Waals surface area contributed by atoms with Crippen molar-refractivity contribution in [3.05, 3.63) is 36.5 Å². The minimum atomic E-state index is -0.666. The molecule has 0 aromatic rings. The predicted octanol–water partition coefficient (Wildman–Crippen LogP) is 16.5. The van der Waals surface area contributed by atoms with Gasteiger partial charge in [0.05, 0.1) is 18.8 Å². The van der Waals surface area contributed by atoms with Crippen molar-refractivity contribution in [3.8, 4) is 0 Å². The molecule has 0 spiro atoms. The summed E-state index contributed by atoms with van der Waals surface area (Å²) < 4.78 is 0. The molecule has 0 aliphatic carbocycles. The number of carbonyl (C=O) groups is 1. The third kappa shape index (κ3) is 45.5. The van der Waals surface area contributed by atoms with Crippen molar-refractivity contribution < 1.29 is 15.0 Å². The van der Waals surface area contributed by atoms with E-state index in [0.29, 0.717) is 12.8 Å². The second kappa shape index (κ2) is 49.0. The van der Waals surface area contributed by atoms with E-state index >= 15 is 0 Å². The maximum absolute atomic E-state index is 12.5. The van der Waals surface area contributed by atoms with E-state index in [4.69, 9.17) is 0 Å². The van der Waals surface area contributed by atoms with Crippen molar-refractivity contribution in [3.63, 3.8) is 0 Å². The fraction of sp³-hybridized carbons (Fsp3) is 0.868. The van der Waals surface area contributed by atoms with Gasteiger partial charge in [-0.3, -0.25) is 4.79 Å². The van der Waals surface area contributed by atoms with Crippen molar-refractivity contribution in [2.24, 2.45) is 0 Å². The van der Waals surface area contributed by atoms with Crippen LogP contribution in [0.5, 0.6) is 0 Å². The van der Waals surface area contributed by atoms with Gasteiger partial charge in [0.25, 0.3) is 0 Å². The van der Waals surface area contributed by atoms with E-state index in [9.17, 15) is 15.0 Å². The van der Waals surface area contributed by atoms with Gasteiger partial charge in [-0.1, -0.05) is 256 Å². The van der Waals surface area contributed by atoms with E-state index in [1.807, 2.05) is 0 Å². The molecule has 0 aliphatic heterocycles. The second-order valence-electron chi connectivity index (χ2n) is 17.6. The SMILES string of the molecule is CCCCCCC/C=C\C/C=C\C/C=C\CCCCCCCCC(=O)NC(CO)C(O)CCCCCCCCCCCCCCCCCCCCCCCCCC. The van der Waals surface area contributed by atoms with Crippen LogP contribution in [0.4, 0.5) is 0 Å². The average molecular weight is 800 g/mol. The third-order valence-corrected chi connectivity index (χ3v) is 11.9. The standard InChI is InChI=1S/C53H101NO3/c1-3-5-7-9-11-13-15-17-19-21-23-25-26-27-29-30-32-34-36-38-40-42-44-46-48-52(56)51(50-55)54-53(57)49-47-45-43-41-39-37-35-33-31-28-24-22-20-18-16-14-12-10-8-6-4-2/h16,18,22,24,31,33,51-52,55-56H,3-15,17,19-21,23,25-30,32,34-50H2,1-2H3,(H,54,57)/b18-16-,24-22-,33-31-. The van der Waals surface area contributed by atoms with Gasteiger partial charge in [0.1, 0.15) is 0 Å². The number of nitrogens with one attached hydrogen (secondary N) is 1. The van der Waals surface area contributed by atoms with E-state index in [2.05, 4.69) is 55.6 Å². The van der Waals surface area contributed by atoms with E-state index < -0.39 is 12.1 Å². The number of carbonyl (C=O) groups excluding carboxylic acids is 1. The number of amides is 1. The zero-order chi connectivity index (χ0) is 41.4. The Labute approximate surface area is 357 Å². The molecule has 0 radical (unpaired) electrons. The van der Waals surface area contributed by atoms with Crippen molar-refractivity contribution >= 4 is 5.91 Å². The highest BCUT2D eigenvalue weighted by molar-refractivity contribution is 5.76. The maximum atomic E-state index is 12.5. The zero-order valence-corrected chi connectivity index (χ0v) is 38.6. The lowest BCUT2D eigenvalue weighted by Crippen LogP contribution is -2.45. The Kier molecular flexibility index (Phi) is 47.8.